The Morgan fingerprint density at radius 1 is 1.25 bits per heavy atom. The second-order valence-electron chi connectivity index (χ2n) is 5.57. The van der Waals surface area contributed by atoms with Crippen LogP contribution in [0.1, 0.15) is 5.76 Å². The number of amides is 1. The lowest BCUT2D eigenvalue weighted by atomic mass is 10.3. The highest BCUT2D eigenvalue weighted by atomic mass is 32.2. The minimum atomic E-state index is -3.55. The normalized spacial score (nSPS) is 11.8. The number of aromatic nitrogens is 2. The van der Waals surface area contributed by atoms with Crippen molar-refractivity contribution in [2.75, 3.05) is 13.3 Å². The van der Waals surface area contributed by atoms with Gasteiger partial charge in [-0.15, -0.1) is 0 Å². The van der Waals surface area contributed by atoms with Crippen molar-refractivity contribution in [1.82, 2.24) is 14.5 Å². The van der Waals surface area contributed by atoms with Crippen LogP contribution in [0.4, 0.5) is 0 Å². The highest BCUT2D eigenvalue weighted by Crippen LogP contribution is 2.20. The van der Waals surface area contributed by atoms with E-state index in [1.165, 1.54) is 9.47 Å². The number of benzene rings is 1. The van der Waals surface area contributed by atoms with Crippen LogP contribution in [0.3, 0.4) is 0 Å². The third kappa shape index (κ3) is 3.18. The smallest absolute Gasteiger partial charge is 0.242 e. The topological polar surface area (TPSA) is 85.4 Å². The van der Waals surface area contributed by atoms with E-state index in [2.05, 4.69) is 4.98 Å². The van der Waals surface area contributed by atoms with Crippen molar-refractivity contribution < 1.29 is 17.6 Å². The summed E-state index contributed by atoms with van der Waals surface area (Å²) in [5.74, 6) is 0.420. The minimum Gasteiger partial charge on any atom is -0.467 e. The van der Waals surface area contributed by atoms with Gasteiger partial charge in [-0.3, -0.25) is 4.79 Å². The van der Waals surface area contributed by atoms with Gasteiger partial charge in [-0.2, -0.15) is 0 Å². The van der Waals surface area contributed by atoms with Crippen molar-refractivity contribution in [2.45, 2.75) is 18.2 Å². The van der Waals surface area contributed by atoms with Crippen LogP contribution >= 0.6 is 0 Å². The zero-order chi connectivity index (χ0) is 17.3. The molecule has 0 aliphatic rings. The Morgan fingerprint density at radius 3 is 2.67 bits per heavy atom. The van der Waals surface area contributed by atoms with Crippen LogP contribution in [0.15, 0.2) is 52.2 Å². The summed E-state index contributed by atoms with van der Waals surface area (Å²) >= 11 is 0. The summed E-state index contributed by atoms with van der Waals surface area (Å²) in [5, 5.41) is -0.108. The van der Waals surface area contributed by atoms with Crippen molar-refractivity contribution in [3.63, 3.8) is 0 Å². The quantitative estimate of drug-likeness (QED) is 0.701. The van der Waals surface area contributed by atoms with Crippen LogP contribution in [-0.4, -0.2) is 42.1 Å². The van der Waals surface area contributed by atoms with E-state index in [0.29, 0.717) is 23.3 Å². The second-order valence-corrected chi connectivity index (χ2v) is 7.48. The zero-order valence-corrected chi connectivity index (χ0v) is 14.2. The molecule has 3 rings (SSSR count). The predicted octanol–water partition coefficient (Wildman–Crippen LogP) is 1.69. The fourth-order valence-electron chi connectivity index (χ4n) is 2.47. The third-order valence-electron chi connectivity index (χ3n) is 3.64. The van der Waals surface area contributed by atoms with E-state index in [4.69, 9.17) is 4.42 Å². The fourth-order valence-corrected chi connectivity index (χ4v) is 3.30. The summed E-state index contributed by atoms with van der Waals surface area (Å²) in [6.45, 7) is 0.201. The average Bonchev–Trinajstić information content (AvgIpc) is 3.15. The maximum atomic E-state index is 12.5. The molecule has 0 radical (unpaired) electrons. The average molecular weight is 347 g/mol. The molecular formula is C16H17N3O4S. The molecule has 0 bridgehead atoms. The SMILES string of the molecule is CN(Cc1ccco1)C(=O)Cn1c(S(C)(=O)=O)nc2ccccc21. The highest BCUT2D eigenvalue weighted by molar-refractivity contribution is 7.90. The maximum absolute atomic E-state index is 12.5. The molecule has 0 saturated carbocycles. The van der Waals surface area contributed by atoms with Gasteiger partial charge in [0.05, 0.1) is 23.8 Å². The van der Waals surface area contributed by atoms with Gasteiger partial charge >= 0.3 is 0 Å². The number of sulfone groups is 1. The van der Waals surface area contributed by atoms with Gasteiger partial charge in [-0.25, -0.2) is 13.4 Å². The van der Waals surface area contributed by atoms with E-state index in [0.717, 1.165) is 6.26 Å². The van der Waals surface area contributed by atoms with Gasteiger partial charge < -0.3 is 13.9 Å². The van der Waals surface area contributed by atoms with Crippen molar-refractivity contribution in [2.24, 2.45) is 0 Å². The van der Waals surface area contributed by atoms with Crippen molar-refractivity contribution in [1.29, 1.82) is 0 Å². The number of rotatable bonds is 5. The molecule has 1 amide bonds. The molecule has 24 heavy (non-hydrogen) atoms. The first-order chi connectivity index (χ1) is 11.4. The standard InChI is InChI=1S/C16H17N3O4S/c1-18(10-12-6-5-9-23-12)15(20)11-19-14-8-4-3-7-13(14)17-16(19)24(2,21)22/h3-9H,10-11H2,1-2H3. The molecule has 0 unspecified atom stereocenters. The zero-order valence-electron chi connectivity index (χ0n) is 13.3. The van der Waals surface area contributed by atoms with E-state index in [1.807, 2.05) is 0 Å². The van der Waals surface area contributed by atoms with Gasteiger partial charge in [0.15, 0.2) is 0 Å². The van der Waals surface area contributed by atoms with Gasteiger partial charge in [-0.05, 0) is 24.3 Å². The Balaban J connectivity index is 1.92. The molecule has 7 nitrogen and oxygen atoms in total. The number of likely N-dealkylation sites (N-methyl/N-ethyl adjacent to an activating group) is 1. The lowest BCUT2D eigenvalue weighted by Crippen LogP contribution is -2.30. The predicted molar refractivity (Wildman–Crippen MR) is 88.0 cm³/mol. The molecular weight excluding hydrogens is 330 g/mol. The van der Waals surface area contributed by atoms with E-state index >= 15 is 0 Å². The lowest BCUT2D eigenvalue weighted by molar-refractivity contribution is -0.131. The Bertz CT molecular complexity index is 974. The van der Waals surface area contributed by atoms with Crippen LogP contribution in [0, 0.1) is 0 Å². The molecule has 0 aliphatic carbocycles. The number of nitrogens with zero attached hydrogens (tertiary/aromatic N) is 3. The molecule has 1 aromatic carbocycles. The van der Waals surface area contributed by atoms with E-state index < -0.39 is 9.84 Å². The summed E-state index contributed by atoms with van der Waals surface area (Å²) in [4.78, 5) is 18.1. The Morgan fingerprint density at radius 2 is 2.00 bits per heavy atom. The number of hydrogen-bond acceptors (Lipinski definition) is 5. The molecule has 3 aromatic rings. The maximum Gasteiger partial charge on any atom is 0.242 e. The first-order valence-electron chi connectivity index (χ1n) is 7.28. The van der Waals surface area contributed by atoms with Crippen molar-refractivity contribution in [3.8, 4) is 0 Å². The molecule has 0 atom stereocenters. The summed E-state index contributed by atoms with van der Waals surface area (Å²) in [6.07, 6.45) is 2.63. The summed E-state index contributed by atoms with van der Waals surface area (Å²) in [6, 6.07) is 10.5. The molecule has 126 valence electrons. The number of carbonyl (C=O) groups excluding carboxylic acids is 1. The molecule has 0 fully saturated rings. The second kappa shape index (κ2) is 6.12. The van der Waals surface area contributed by atoms with Crippen LogP contribution in [-0.2, 0) is 27.7 Å². The van der Waals surface area contributed by atoms with E-state index in [9.17, 15) is 13.2 Å². The molecule has 8 heteroatoms. The van der Waals surface area contributed by atoms with Gasteiger partial charge in [0.2, 0.25) is 20.9 Å². The van der Waals surface area contributed by atoms with Crippen LogP contribution < -0.4 is 0 Å². The first-order valence-corrected chi connectivity index (χ1v) is 9.17. The third-order valence-corrected chi connectivity index (χ3v) is 4.62. The number of fused-ring (bicyclic) bond motifs is 1. The lowest BCUT2D eigenvalue weighted by Gasteiger charge is -2.17. The minimum absolute atomic E-state index is 0.108. The molecule has 0 aliphatic heterocycles. The van der Waals surface area contributed by atoms with Gasteiger partial charge in [0.1, 0.15) is 12.3 Å². The molecule has 2 heterocycles. The number of hydrogen-bond donors (Lipinski definition) is 0. The van der Waals surface area contributed by atoms with E-state index in [1.54, 1.807) is 49.7 Å². The number of carbonyl (C=O) groups is 1. The number of imidazole rings is 1. The molecule has 0 N–H and O–H groups in total. The monoisotopic (exact) mass is 347 g/mol. The largest absolute Gasteiger partial charge is 0.467 e. The summed E-state index contributed by atoms with van der Waals surface area (Å²) in [7, 11) is -1.91. The van der Waals surface area contributed by atoms with Crippen LogP contribution in [0.5, 0.6) is 0 Å². The number of furan rings is 1. The fraction of sp³-hybridized carbons (Fsp3) is 0.250. The highest BCUT2D eigenvalue weighted by Gasteiger charge is 2.22. The van der Waals surface area contributed by atoms with Crippen LogP contribution in [0.25, 0.3) is 11.0 Å². The summed E-state index contributed by atoms with van der Waals surface area (Å²) < 4.78 is 30.7. The van der Waals surface area contributed by atoms with E-state index in [-0.39, 0.29) is 17.6 Å². The van der Waals surface area contributed by atoms with Crippen molar-refractivity contribution in [3.05, 3.63) is 48.4 Å². The molecule has 0 spiro atoms. The number of para-hydroxylation sites is 2. The van der Waals surface area contributed by atoms with Gasteiger partial charge in [-0.1, -0.05) is 12.1 Å². The van der Waals surface area contributed by atoms with Gasteiger partial charge in [0.25, 0.3) is 0 Å². The first kappa shape index (κ1) is 16.3. The Hall–Kier alpha value is -2.61. The molecule has 0 saturated heterocycles. The Labute approximate surface area is 139 Å². The van der Waals surface area contributed by atoms with Crippen LogP contribution in [0.2, 0.25) is 0 Å². The van der Waals surface area contributed by atoms with Crippen molar-refractivity contribution >= 4 is 26.8 Å². The molecule has 2 aromatic heterocycles. The Kier molecular flexibility index (Phi) is 4.15. The van der Waals surface area contributed by atoms with Gasteiger partial charge in [0, 0.05) is 13.3 Å². The summed E-state index contributed by atoms with van der Waals surface area (Å²) in [5.41, 5.74) is 1.15.